The first-order valence-corrected chi connectivity index (χ1v) is 8.68. The number of nitriles is 1. The molecule has 0 saturated heterocycles. The molecular weight excluding hydrogens is 340 g/mol. The minimum Gasteiger partial charge on any atom is -0.484 e. The van der Waals surface area contributed by atoms with E-state index in [4.69, 9.17) is 10.00 Å². The molecule has 0 aliphatic rings. The summed E-state index contributed by atoms with van der Waals surface area (Å²) < 4.78 is 7.49. The topological polar surface area (TPSA) is 79.9 Å². The number of aromatic nitrogens is 2. The second-order valence-corrected chi connectivity index (χ2v) is 5.98. The van der Waals surface area contributed by atoms with Crippen molar-refractivity contribution in [2.24, 2.45) is 0 Å². The van der Waals surface area contributed by atoms with Crippen LogP contribution in [-0.4, -0.2) is 28.6 Å². The van der Waals surface area contributed by atoms with Crippen LogP contribution in [0.4, 0.5) is 0 Å². The smallest absolute Gasteiger partial charge is 0.257 e. The van der Waals surface area contributed by atoms with Crippen molar-refractivity contribution >= 4 is 5.91 Å². The molecule has 0 aliphatic carbocycles. The van der Waals surface area contributed by atoms with Gasteiger partial charge in [-0.3, -0.25) is 4.79 Å². The number of amides is 1. The number of carbonyl (C=O) groups excluding carboxylic acids is 1. The number of nitrogens with zero attached hydrogens (tertiary/aromatic N) is 3. The van der Waals surface area contributed by atoms with Crippen LogP contribution in [0.1, 0.15) is 17.0 Å². The predicted molar refractivity (Wildman–Crippen MR) is 101 cm³/mol. The van der Waals surface area contributed by atoms with Crippen molar-refractivity contribution < 1.29 is 9.53 Å². The highest BCUT2D eigenvalue weighted by atomic mass is 16.5. The van der Waals surface area contributed by atoms with Gasteiger partial charge in [-0.2, -0.15) is 5.26 Å². The lowest BCUT2D eigenvalue weighted by Crippen LogP contribution is -2.31. The summed E-state index contributed by atoms with van der Waals surface area (Å²) in [7, 11) is 0. The third-order valence-corrected chi connectivity index (χ3v) is 4.02. The molecule has 0 saturated carbocycles. The van der Waals surface area contributed by atoms with Crippen LogP contribution >= 0.6 is 0 Å². The van der Waals surface area contributed by atoms with Gasteiger partial charge in [-0.1, -0.05) is 30.3 Å². The van der Waals surface area contributed by atoms with Gasteiger partial charge in [-0.15, -0.1) is 0 Å². The average molecular weight is 360 g/mol. The predicted octanol–water partition coefficient (Wildman–Crippen LogP) is 2.54. The zero-order valence-electron chi connectivity index (χ0n) is 14.8. The lowest BCUT2D eigenvalue weighted by atomic mass is 10.2. The second kappa shape index (κ2) is 9.20. The molecule has 1 heterocycles. The first-order chi connectivity index (χ1) is 13.2. The van der Waals surface area contributed by atoms with E-state index in [1.807, 2.05) is 30.5 Å². The number of hydrogen-bond acceptors (Lipinski definition) is 4. The summed E-state index contributed by atoms with van der Waals surface area (Å²) in [5.74, 6) is 1.29. The minimum absolute atomic E-state index is 0.0651. The molecule has 1 N–H and O–H groups in total. The molecular formula is C21H20N4O2. The van der Waals surface area contributed by atoms with E-state index in [0.717, 1.165) is 12.4 Å². The lowest BCUT2D eigenvalue weighted by Gasteiger charge is -2.10. The fourth-order valence-corrected chi connectivity index (χ4v) is 2.63. The van der Waals surface area contributed by atoms with Gasteiger partial charge < -0.3 is 14.6 Å². The maximum atomic E-state index is 11.9. The summed E-state index contributed by atoms with van der Waals surface area (Å²) in [6, 6.07) is 18.9. The van der Waals surface area contributed by atoms with Gasteiger partial charge in [0, 0.05) is 31.9 Å². The molecule has 136 valence electrons. The largest absolute Gasteiger partial charge is 0.484 e. The van der Waals surface area contributed by atoms with Gasteiger partial charge in [0.25, 0.3) is 5.91 Å². The van der Waals surface area contributed by atoms with E-state index in [1.54, 1.807) is 30.5 Å². The molecule has 27 heavy (non-hydrogen) atoms. The number of nitrogens with one attached hydrogen (secondary N) is 1. The van der Waals surface area contributed by atoms with Crippen LogP contribution in [0.25, 0.3) is 0 Å². The number of rotatable bonds is 8. The Morgan fingerprint density at radius 3 is 2.67 bits per heavy atom. The molecule has 0 spiro atoms. The van der Waals surface area contributed by atoms with E-state index < -0.39 is 0 Å². The average Bonchev–Trinajstić information content (AvgIpc) is 3.14. The van der Waals surface area contributed by atoms with Gasteiger partial charge in [-0.05, 0) is 29.8 Å². The van der Waals surface area contributed by atoms with E-state index in [2.05, 4.69) is 27.0 Å². The number of imidazole rings is 1. The molecule has 6 heteroatoms. The van der Waals surface area contributed by atoms with Gasteiger partial charge in [0.2, 0.25) is 0 Å². The summed E-state index contributed by atoms with van der Waals surface area (Å²) in [6.45, 7) is 1.18. The summed E-state index contributed by atoms with van der Waals surface area (Å²) in [4.78, 5) is 16.3. The highest BCUT2D eigenvalue weighted by molar-refractivity contribution is 5.77. The van der Waals surface area contributed by atoms with Gasteiger partial charge in [0.05, 0.1) is 11.6 Å². The molecule has 0 radical (unpaired) electrons. The Bertz CT molecular complexity index is 911. The van der Waals surface area contributed by atoms with Crippen molar-refractivity contribution in [2.45, 2.75) is 13.0 Å². The van der Waals surface area contributed by atoms with Crippen LogP contribution in [0.3, 0.4) is 0 Å². The van der Waals surface area contributed by atoms with Crippen molar-refractivity contribution in [2.75, 3.05) is 13.2 Å². The molecule has 0 fully saturated rings. The molecule has 0 aliphatic heterocycles. The summed E-state index contributed by atoms with van der Waals surface area (Å²) in [6.07, 6.45) is 4.36. The first-order valence-electron chi connectivity index (χ1n) is 8.68. The number of hydrogen-bond donors (Lipinski definition) is 1. The fraction of sp³-hybridized carbons (Fsp3) is 0.190. The molecule has 6 nitrogen and oxygen atoms in total. The molecule has 2 aromatic carbocycles. The minimum atomic E-state index is -0.194. The zero-order chi connectivity index (χ0) is 18.9. The lowest BCUT2D eigenvalue weighted by molar-refractivity contribution is -0.123. The maximum Gasteiger partial charge on any atom is 0.257 e. The van der Waals surface area contributed by atoms with Gasteiger partial charge in [0.15, 0.2) is 6.61 Å². The van der Waals surface area contributed by atoms with E-state index in [9.17, 15) is 4.79 Å². The van der Waals surface area contributed by atoms with E-state index in [1.165, 1.54) is 5.56 Å². The molecule has 0 unspecified atom stereocenters. The van der Waals surface area contributed by atoms with E-state index in [0.29, 0.717) is 24.3 Å². The Balaban J connectivity index is 1.42. The standard InChI is InChI=1S/C21H20N4O2/c22-14-17-6-8-19(9-7-17)27-16-21(26)24-11-10-20-23-12-13-25(20)15-18-4-2-1-3-5-18/h1-9,12-13H,10-11,15-16H2,(H,24,26). The molecule has 3 aromatic rings. The van der Waals surface area contributed by atoms with Crippen molar-refractivity contribution in [1.82, 2.24) is 14.9 Å². The Hall–Kier alpha value is -3.59. The molecule has 3 rings (SSSR count). The Morgan fingerprint density at radius 2 is 1.93 bits per heavy atom. The van der Waals surface area contributed by atoms with Crippen LogP contribution in [-0.2, 0) is 17.8 Å². The van der Waals surface area contributed by atoms with Crippen molar-refractivity contribution in [3.05, 3.63) is 83.9 Å². The normalized spacial score (nSPS) is 10.2. The Kier molecular flexibility index (Phi) is 6.21. The first kappa shape index (κ1) is 18.2. The monoisotopic (exact) mass is 360 g/mol. The number of benzene rings is 2. The SMILES string of the molecule is N#Cc1ccc(OCC(=O)NCCc2nccn2Cc2ccccc2)cc1. The fourth-order valence-electron chi connectivity index (χ4n) is 2.63. The van der Waals surface area contributed by atoms with Gasteiger partial charge in [-0.25, -0.2) is 4.98 Å². The third-order valence-electron chi connectivity index (χ3n) is 4.02. The van der Waals surface area contributed by atoms with Gasteiger partial charge in [0.1, 0.15) is 11.6 Å². The number of ether oxygens (including phenoxy) is 1. The van der Waals surface area contributed by atoms with E-state index in [-0.39, 0.29) is 12.5 Å². The van der Waals surface area contributed by atoms with E-state index >= 15 is 0 Å². The second-order valence-electron chi connectivity index (χ2n) is 5.98. The van der Waals surface area contributed by atoms with Gasteiger partial charge >= 0.3 is 0 Å². The molecule has 1 amide bonds. The highest BCUT2D eigenvalue weighted by Crippen LogP contribution is 2.11. The summed E-state index contributed by atoms with van der Waals surface area (Å²) in [5, 5.41) is 11.6. The maximum absolute atomic E-state index is 11.9. The molecule has 0 atom stereocenters. The van der Waals surface area contributed by atoms with Crippen molar-refractivity contribution in [3.63, 3.8) is 0 Å². The molecule has 1 aromatic heterocycles. The van der Waals surface area contributed by atoms with Crippen LogP contribution in [0, 0.1) is 11.3 Å². The molecule has 0 bridgehead atoms. The van der Waals surface area contributed by atoms with Crippen LogP contribution in [0.2, 0.25) is 0 Å². The summed E-state index contributed by atoms with van der Waals surface area (Å²) in [5.41, 5.74) is 1.76. The quantitative estimate of drug-likeness (QED) is 0.669. The van der Waals surface area contributed by atoms with Crippen LogP contribution in [0.5, 0.6) is 5.75 Å². The summed E-state index contributed by atoms with van der Waals surface area (Å²) >= 11 is 0. The van der Waals surface area contributed by atoms with Crippen LogP contribution in [0.15, 0.2) is 67.0 Å². The zero-order valence-corrected chi connectivity index (χ0v) is 14.8. The van der Waals surface area contributed by atoms with Crippen molar-refractivity contribution in [1.29, 1.82) is 5.26 Å². The van der Waals surface area contributed by atoms with Crippen LogP contribution < -0.4 is 10.1 Å². The highest BCUT2D eigenvalue weighted by Gasteiger charge is 2.06. The van der Waals surface area contributed by atoms with Crippen molar-refractivity contribution in [3.8, 4) is 11.8 Å². The Labute approximate surface area is 158 Å². The Morgan fingerprint density at radius 1 is 1.15 bits per heavy atom. The number of carbonyl (C=O) groups is 1. The third kappa shape index (κ3) is 5.44.